The van der Waals surface area contributed by atoms with Gasteiger partial charge in [0.05, 0.1) is 4.88 Å². The SMILES string of the molecule is Cc1cc(C(=O)c2ccc(C(C)C)cc2C(C)C)sc1C. The van der Waals surface area contributed by atoms with Crippen molar-refractivity contribution in [2.45, 2.75) is 53.4 Å². The fourth-order valence-corrected chi connectivity index (χ4v) is 3.43. The van der Waals surface area contributed by atoms with Crippen molar-refractivity contribution < 1.29 is 4.79 Å². The summed E-state index contributed by atoms with van der Waals surface area (Å²) in [6, 6.07) is 8.33. The molecule has 0 N–H and O–H groups in total. The first kappa shape index (κ1) is 16.0. The molecule has 0 unspecified atom stereocenters. The van der Waals surface area contributed by atoms with Crippen molar-refractivity contribution in [1.82, 2.24) is 0 Å². The van der Waals surface area contributed by atoms with Crippen LogP contribution in [0.15, 0.2) is 24.3 Å². The Kier molecular flexibility index (Phi) is 4.67. The molecule has 2 rings (SSSR count). The van der Waals surface area contributed by atoms with Gasteiger partial charge in [-0.3, -0.25) is 4.79 Å². The lowest BCUT2D eigenvalue weighted by atomic mass is 9.89. The first-order chi connectivity index (χ1) is 9.81. The molecule has 1 aromatic carbocycles. The molecule has 1 aromatic heterocycles. The van der Waals surface area contributed by atoms with Crippen molar-refractivity contribution in [1.29, 1.82) is 0 Å². The largest absolute Gasteiger partial charge is 0.288 e. The lowest BCUT2D eigenvalue weighted by molar-refractivity contribution is 0.104. The zero-order valence-corrected chi connectivity index (χ0v) is 14.6. The van der Waals surface area contributed by atoms with Crippen LogP contribution in [0.25, 0.3) is 0 Å². The Hall–Kier alpha value is -1.41. The molecular formula is C19H24OS. The molecular weight excluding hydrogens is 276 g/mol. The lowest BCUT2D eigenvalue weighted by Gasteiger charge is -2.15. The third kappa shape index (κ3) is 3.26. The molecule has 21 heavy (non-hydrogen) atoms. The van der Waals surface area contributed by atoms with Gasteiger partial charge < -0.3 is 0 Å². The number of benzene rings is 1. The summed E-state index contributed by atoms with van der Waals surface area (Å²) < 4.78 is 0. The molecule has 112 valence electrons. The third-order valence-electron chi connectivity index (χ3n) is 4.00. The number of ketones is 1. The summed E-state index contributed by atoms with van der Waals surface area (Å²) >= 11 is 1.60. The highest BCUT2D eigenvalue weighted by atomic mass is 32.1. The quantitative estimate of drug-likeness (QED) is 0.648. The van der Waals surface area contributed by atoms with Crippen molar-refractivity contribution in [3.8, 4) is 0 Å². The van der Waals surface area contributed by atoms with Gasteiger partial charge in [-0.15, -0.1) is 11.3 Å². The van der Waals surface area contributed by atoms with Crippen LogP contribution in [0.3, 0.4) is 0 Å². The lowest BCUT2D eigenvalue weighted by Crippen LogP contribution is -2.06. The molecule has 1 nitrogen and oxygen atoms in total. The van der Waals surface area contributed by atoms with Gasteiger partial charge >= 0.3 is 0 Å². The van der Waals surface area contributed by atoms with E-state index in [1.54, 1.807) is 11.3 Å². The van der Waals surface area contributed by atoms with Gasteiger partial charge in [0, 0.05) is 10.4 Å². The van der Waals surface area contributed by atoms with Crippen molar-refractivity contribution in [3.63, 3.8) is 0 Å². The van der Waals surface area contributed by atoms with E-state index in [0.717, 1.165) is 16.0 Å². The van der Waals surface area contributed by atoms with Crippen LogP contribution in [-0.4, -0.2) is 5.78 Å². The van der Waals surface area contributed by atoms with Gasteiger partial charge in [-0.2, -0.15) is 0 Å². The third-order valence-corrected chi connectivity index (χ3v) is 5.15. The summed E-state index contributed by atoms with van der Waals surface area (Å²) in [5.74, 6) is 0.998. The summed E-state index contributed by atoms with van der Waals surface area (Å²) in [5, 5.41) is 0. The monoisotopic (exact) mass is 300 g/mol. The van der Waals surface area contributed by atoms with E-state index in [2.05, 4.69) is 53.7 Å². The smallest absolute Gasteiger partial charge is 0.203 e. The fraction of sp³-hybridized carbons (Fsp3) is 0.421. The second kappa shape index (κ2) is 6.15. The van der Waals surface area contributed by atoms with Gasteiger partial charge in [0.15, 0.2) is 0 Å². The van der Waals surface area contributed by atoms with E-state index >= 15 is 0 Å². The molecule has 0 saturated carbocycles. The Labute approximate surface area is 132 Å². The van der Waals surface area contributed by atoms with Gasteiger partial charge in [-0.05, 0) is 48.4 Å². The number of rotatable bonds is 4. The number of hydrogen-bond donors (Lipinski definition) is 0. The summed E-state index contributed by atoms with van der Waals surface area (Å²) in [7, 11) is 0. The molecule has 0 radical (unpaired) electrons. The van der Waals surface area contributed by atoms with E-state index in [1.807, 2.05) is 12.1 Å². The Morgan fingerprint density at radius 3 is 2.14 bits per heavy atom. The molecule has 0 saturated heterocycles. The maximum atomic E-state index is 12.8. The minimum Gasteiger partial charge on any atom is -0.288 e. The van der Waals surface area contributed by atoms with Gasteiger partial charge in [0.1, 0.15) is 0 Å². The van der Waals surface area contributed by atoms with Crippen LogP contribution in [0.1, 0.15) is 76.3 Å². The van der Waals surface area contributed by atoms with Crippen molar-refractivity contribution in [2.24, 2.45) is 0 Å². The topological polar surface area (TPSA) is 17.1 Å². The van der Waals surface area contributed by atoms with E-state index in [0.29, 0.717) is 11.8 Å². The molecule has 1 heterocycles. The Morgan fingerprint density at radius 2 is 1.67 bits per heavy atom. The predicted octanol–water partition coefficient (Wildman–Crippen LogP) is 5.84. The van der Waals surface area contributed by atoms with Crippen molar-refractivity contribution in [2.75, 3.05) is 0 Å². The summed E-state index contributed by atoms with van der Waals surface area (Å²) in [5.41, 5.74) is 4.52. The molecule has 0 aliphatic rings. The predicted molar refractivity (Wildman–Crippen MR) is 91.8 cm³/mol. The average molecular weight is 300 g/mol. The molecule has 0 aliphatic heterocycles. The maximum absolute atomic E-state index is 12.8. The zero-order valence-electron chi connectivity index (χ0n) is 13.8. The first-order valence-corrected chi connectivity index (χ1v) is 8.38. The van der Waals surface area contributed by atoms with Crippen LogP contribution < -0.4 is 0 Å². The minimum absolute atomic E-state index is 0.162. The second-order valence-electron chi connectivity index (χ2n) is 6.34. The summed E-state index contributed by atoms with van der Waals surface area (Å²) in [6.07, 6.45) is 0. The average Bonchev–Trinajstić information content (AvgIpc) is 2.77. The zero-order chi connectivity index (χ0) is 15.7. The highest BCUT2D eigenvalue weighted by Gasteiger charge is 2.19. The van der Waals surface area contributed by atoms with Gasteiger partial charge in [0.25, 0.3) is 0 Å². The highest BCUT2D eigenvalue weighted by molar-refractivity contribution is 7.14. The Balaban J connectivity index is 2.49. The molecule has 0 spiro atoms. The number of thiophene rings is 1. The number of aryl methyl sites for hydroxylation is 2. The van der Waals surface area contributed by atoms with E-state index in [-0.39, 0.29) is 5.78 Å². The van der Waals surface area contributed by atoms with Crippen LogP contribution in [0.2, 0.25) is 0 Å². The molecule has 0 fully saturated rings. The Morgan fingerprint density at radius 1 is 1.00 bits per heavy atom. The number of carbonyl (C=O) groups is 1. The number of hydrogen-bond acceptors (Lipinski definition) is 2. The number of carbonyl (C=O) groups excluding carboxylic acids is 1. The van der Waals surface area contributed by atoms with Crippen LogP contribution in [0.5, 0.6) is 0 Å². The van der Waals surface area contributed by atoms with Crippen molar-refractivity contribution >= 4 is 17.1 Å². The second-order valence-corrected chi connectivity index (χ2v) is 7.59. The van der Waals surface area contributed by atoms with E-state index in [9.17, 15) is 4.79 Å². The van der Waals surface area contributed by atoms with Crippen LogP contribution in [-0.2, 0) is 0 Å². The van der Waals surface area contributed by atoms with E-state index in [4.69, 9.17) is 0 Å². The Bertz CT molecular complexity index is 643. The standard InChI is InChI=1S/C19H24OS/c1-11(2)15-7-8-16(17(10-15)12(3)4)19(20)18-9-13(5)14(6)21-18/h7-12H,1-6H3. The molecule has 2 heteroatoms. The van der Waals surface area contributed by atoms with Crippen LogP contribution in [0, 0.1) is 13.8 Å². The molecule has 0 atom stereocenters. The van der Waals surface area contributed by atoms with E-state index in [1.165, 1.54) is 16.0 Å². The van der Waals surface area contributed by atoms with Crippen molar-refractivity contribution in [3.05, 3.63) is 56.3 Å². The normalized spacial score (nSPS) is 11.4. The van der Waals surface area contributed by atoms with Crippen LogP contribution in [0.4, 0.5) is 0 Å². The first-order valence-electron chi connectivity index (χ1n) is 7.56. The molecule has 0 bridgehead atoms. The van der Waals surface area contributed by atoms with Crippen LogP contribution >= 0.6 is 11.3 Å². The minimum atomic E-state index is 0.162. The maximum Gasteiger partial charge on any atom is 0.203 e. The van der Waals surface area contributed by atoms with Gasteiger partial charge in [0.2, 0.25) is 5.78 Å². The summed E-state index contributed by atoms with van der Waals surface area (Å²) in [6.45, 7) is 12.8. The molecule has 0 aliphatic carbocycles. The van der Waals surface area contributed by atoms with Gasteiger partial charge in [-0.1, -0.05) is 45.9 Å². The molecule has 0 amide bonds. The highest BCUT2D eigenvalue weighted by Crippen LogP contribution is 2.29. The van der Waals surface area contributed by atoms with E-state index < -0.39 is 0 Å². The van der Waals surface area contributed by atoms with Gasteiger partial charge in [-0.25, -0.2) is 0 Å². The molecule has 2 aromatic rings. The summed E-state index contributed by atoms with van der Waals surface area (Å²) in [4.78, 5) is 14.9. The fourth-order valence-electron chi connectivity index (χ4n) is 2.44.